The molecule has 1 aromatic carbocycles. The summed E-state index contributed by atoms with van der Waals surface area (Å²) >= 11 is 0. The second kappa shape index (κ2) is 8.49. The van der Waals surface area contributed by atoms with E-state index >= 15 is 0 Å². The maximum absolute atomic E-state index is 12.7. The van der Waals surface area contributed by atoms with Crippen LogP contribution in [0.1, 0.15) is 26.1 Å². The Morgan fingerprint density at radius 1 is 1.26 bits per heavy atom. The van der Waals surface area contributed by atoms with Gasteiger partial charge < -0.3 is 15.0 Å². The van der Waals surface area contributed by atoms with Crippen LogP contribution in [0, 0.1) is 0 Å². The summed E-state index contributed by atoms with van der Waals surface area (Å²) < 4.78 is 33.2. The van der Waals surface area contributed by atoms with Crippen molar-refractivity contribution in [3.63, 3.8) is 0 Å². The number of sulfonamides is 1. The number of carbonyl (C=O) groups is 2. The van der Waals surface area contributed by atoms with Crippen molar-refractivity contribution in [1.82, 2.24) is 13.9 Å². The largest absolute Gasteiger partial charge is 0.456 e. The van der Waals surface area contributed by atoms with E-state index in [4.69, 9.17) is 10.5 Å². The highest BCUT2D eigenvalue weighted by molar-refractivity contribution is 7.89. The van der Waals surface area contributed by atoms with Gasteiger partial charge in [-0.3, -0.25) is 9.59 Å². The number of esters is 1. The first kappa shape index (κ1) is 20.8. The van der Waals surface area contributed by atoms with Gasteiger partial charge in [-0.1, -0.05) is 13.8 Å². The number of amides is 1. The third kappa shape index (κ3) is 4.64. The van der Waals surface area contributed by atoms with Gasteiger partial charge in [0.15, 0.2) is 6.61 Å². The van der Waals surface area contributed by atoms with E-state index in [-0.39, 0.29) is 11.3 Å². The highest BCUT2D eigenvalue weighted by Gasteiger charge is 2.22. The Hall–Kier alpha value is -2.46. The second-order valence-corrected chi connectivity index (χ2v) is 7.89. The van der Waals surface area contributed by atoms with Gasteiger partial charge in [-0.2, -0.15) is 4.31 Å². The zero-order chi connectivity index (χ0) is 20.2. The summed E-state index contributed by atoms with van der Waals surface area (Å²) in [6.45, 7) is 3.90. The van der Waals surface area contributed by atoms with Crippen LogP contribution >= 0.6 is 0 Å². The van der Waals surface area contributed by atoms with Crippen molar-refractivity contribution in [1.29, 1.82) is 0 Å². The number of hydrogen-bond donors (Lipinski definition) is 1. The number of ether oxygens (including phenoxy) is 1. The van der Waals surface area contributed by atoms with Crippen molar-refractivity contribution < 1.29 is 22.7 Å². The molecule has 0 aliphatic heterocycles. The van der Waals surface area contributed by atoms with E-state index in [0.29, 0.717) is 30.9 Å². The molecule has 0 aliphatic rings. The SMILES string of the molecule is CCN(CC)S(=O)(=O)c1ccc2c(c1)nc(CCC(=O)OCC(N)=O)n2C. The second-order valence-electron chi connectivity index (χ2n) is 5.95. The molecule has 2 aromatic rings. The zero-order valence-electron chi connectivity index (χ0n) is 15.6. The number of nitrogens with two attached hydrogens (primary N) is 1. The molecule has 148 valence electrons. The summed E-state index contributed by atoms with van der Waals surface area (Å²) in [5, 5.41) is 0. The topological polar surface area (TPSA) is 125 Å². The molecule has 9 nitrogen and oxygen atoms in total. The van der Waals surface area contributed by atoms with Crippen LogP contribution in [-0.4, -0.2) is 53.8 Å². The first-order chi connectivity index (χ1) is 12.7. The minimum Gasteiger partial charge on any atom is -0.456 e. The number of primary amides is 1. The monoisotopic (exact) mass is 396 g/mol. The predicted molar refractivity (Wildman–Crippen MR) is 99.3 cm³/mol. The van der Waals surface area contributed by atoms with Gasteiger partial charge >= 0.3 is 5.97 Å². The Labute approximate surface area is 158 Å². The zero-order valence-corrected chi connectivity index (χ0v) is 16.5. The van der Waals surface area contributed by atoms with Gasteiger partial charge in [0.2, 0.25) is 10.0 Å². The van der Waals surface area contributed by atoms with Crippen LogP contribution in [-0.2, 0) is 37.8 Å². The van der Waals surface area contributed by atoms with E-state index in [1.165, 1.54) is 10.4 Å². The molecule has 1 aromatic heterocycles. The number of imidazole rings is 1. The maximum atomic E-state index is 12.7. The Bertz CT molecular complexity index is 948. The molecule has 2 rings (SSSR count). The van der Waals surface area contributed by atoms with Crippen molar-refractivity contribution in [3.05, 3.63) is 24.0 Å². The summed E-state index contributed by atoms with van der Waals surface area (Å²) in [5.41, 5.74) is 6.22. The molecule has 1 heterocycles. The first-order valence-corrected chi connectivity index (χ1v) is 10.0. The molecular weight excluding hydrogens is 372 g/mol. The minimum absolute atomic E-state index is 0.0368. The first-order valence-electron chi connectivity index (χ1n) is 8.60. The van der Waals surface area contributed by atoms with Crippen LogP contribution < -0.4 is 5.73 Å². The van der Waals surface area contributed by atoms with Crippen LogP contribution in [0.2, 0.25) is 0 Å². The number of aryl methyl sites for hydroxylation is 2. The quantitative estimate of drug-likeness (QED) is 0.618. The number of fused-ring (bicyclic) bond motifs is 1. The summed E-state index contributed by atoms with van der Waals surface area (Å²) in [5.74, 6) is -0.655. The average molecular weight is 396 g/mol. The predicted octanol–water partition coefficient (Wildman–Crippen LogP) is 0.565. The smallest absolute Gasteiger partial charge is 0.306 e. The molecular formula is C17H24N4O5S. The summed E-state index contributed by atoms with van der Waals surface area (Å²) in [6, 6.07) is 4.80. The third-order valence-electron chi connectivity index (χ3n) is 4.22. The van der Waals surface area contributed by atoms with Gasteiger partial charge in [0.05, 0.1) is 22.3 Å². The van der Waals surface area contributed by atoms with Crippen LogP contribution in [0.3, 0.4) is 0 Å². The lowest BCUT2D eigenvalue weighted by Crippen LogP contribution is -2.30. The highest BCUT2D eigenvalue weighted by atomic mass is 32.2. The Morgan fingerprint density at radius 3 is 2.52 bits per heavy atom. The van der Waals surface area contributed by atoms with E-state index in [2.05, 4.69) is 4.98 Å². The van der Waals surface area contributed by atoms with Gasteiger partial charge in [-0.05, 0) is 18.2 Å². The number of nitrogens with zero attached hydrogens (tertiary/aromatic N) is 3. The maximum Gasteiger partial charge on any atom is 0.306 e. The van der Waals surface area contributed by atoms with Gasteiger partial charge in [-0.25, -0.2) is 13.4 Å². The standard InChI is InChI=1S/C17H24N4O5S/c1-4-21(5-2)27(24,25)12-6-7-14-13(10-12)19-16(20(14)3)8-9-17(23)26-11-15(18)22/h6-7,10H,4-5,8-9,11H2,1-3H3,(H2,18,22). The number of carbonyl (C=O) groups excluding carboxylic acids is 2. The molecule has 2 N–H and O–H groups in total. The Kier molecular flexibility index (Phi) is 6.55. The van der Waals surface area contributed by atoms with Crippen molar-refractivity contribution >= 4 is 32.9 Å². The highest BCUT2D eigenvalue weighted by Crippen LogP contribution is 2.22. The molecule has 27 heavy (non-hydrogen) atoms. The molecule has 1 amide bonds. The molecule has 0 aliphatic carbocycles. The van der Waals surface area contributed by atoms with Crippen LogP contribution in [0.15, 0.2) is 23.1 Å². The summed E-state index contributed by atoms with van der Waals surface area (Å²) in [4.78, 5) is 26.9. The molecule has 0 fully saturated rings. The average Bonchev–Trinajstić information content (AvgIpc) is 2.94. The summed E-state index contributed by atoms with van der Waals surface area (Å²) in [7, 11) is -1.78. The van der Waals surface area contributed by atoms with Crippen molar-refractivity contribution in [2.24, 2.45) is 12.8 Å². The summed E-state index contributed by atoms with van der Waals surface area (Å²) in [6.07, 6.45) is 0.329. The number of benzene rings is 1. The van der Waals surface area contributed by atoms with Gasteiger partial charge in [-0.15, -0.1) is 0 Å². The number of rotatable bonds is 9. The molecule has 10 heteroatoms. The number of aromatic nitrogens is 2. The van der Waals surface area contributed by atoms with Gasteiger partial charge in [0.1, 0.15) is 5.82 Å². The number of hydrogen-bond acceptors (Lipinski definition) is 6. The molecule has 0 bridgehead atoms. The Morgan fingerprint density at radius 2 is 1.93 bits per heavy atom. The van der Waals surface area contributed by atoms with E-state index in [9.17, 15) is 18.0 Å². The lowest BCUT2D eigenvalue weighted by Gasteiger charge is -2.18. The minimum atomic E-state index is -3.57. The van der Waals surface area contributed by atoms with Crippen molar-refractivity contribution in [2.45, 2.75) is 31.6 Å². The van der Waals surface area contributed by atoms with Crippen LogP contribution in [0.25, 0.3) is 11.0 Å². The molecule has 0 unspecified atom stereocenters. The molecule has 0 spiro atoms. The molecule has 0 saturated carbocycles. The van der Waals surface area contributed by atoms with Crippen LogP contribution in [0.4, 0.5) is 0 Å². The molecule has 0 saturated heterocycles. The fraction of sp³-hybridized carbons (Fsp3) is 0.471. The third-order valence-corrected chi connectivity index (χ3v) is 6.26. The van der Waals surface area contributed by atoms with E-state index in [1.807, 2.05) is 0 Å². The van der Waals surface area contributed by atoms with Gasteiger partial charge in [0.25, 0.3) is 5.91 Å². The normalized spacial score (nSPS) is 11.9. The lowest BCUT2D eigenvalue weighted by atomic mass is 10.3. The van der Waals surface area contributed by atoms with E-state index in [1.54, 1.807) is 37.6 Å². The fourth-order valence-electron chi connectivity index (χ4n) is 2.76. The lowest BCUT2D eigenvalue weighted by molar-refractivity contribution is -0.147. The van der Waals surface area contributed by atoms with E-state index in [0.717, 1.165) is 5.52 Å². The van der Waals surface area contributed by atoms with Crippen molar-refractivity contribution in [3.8, 4) is 0 Å². The van der Waals surface area contributed by atoms with Crippen molar-refractivity contribution in [2.75, 3.05) is 19.7 Å². The van der Waals surface area contributed by atoms with Gasteiger partial charge in [0, 0.05) is 26.6 Å². The fourth-order valence-corrected chi connectivity index (χ4v) is 4.24. The molecule has 0 radical (unpaired) electrons. The van der Waals surface area contributed by atoms with E-state index < -0.39 is 28.5 Å². The van der Waals surface area contributed by atoms with Crippen LogP contribution in [0.5, 0.6) is 0 Å². The Balaban J connectivity index is 2.24. The molecule has 0 atom stereocenters.